The number of alkyl halides is 3. The van der Waals surface area contributed by atoms with Gasteiger partial charge in [-0.05, 0) is 47.5 Å². The molecule has 5 nitrogen and oxygen atoms in total. The highest BCUT2D eigenvalue weighted by atomic mass is 79.9. The van der Waals surface area contributed by atoms with Crippen LogP contribution < -0.4 is 4.72 Å². The number of nitrogens with one attached hydrogen (secondary N) is 1. The van der Waals surface area contributed by atoms with Crippen LogP contribution in [-0.2, 0) is 22.7 Å². The van der Waals surface area contributed by atoms with Crippen LogP contribution in [0.25, 0.3) is 0 Å². The van der Waals surface area contributed by atoms with E-state index >= 15 is 0 Å². The minimum atomic E-state index is -4.48. The van der Waals surface area contributed by atoms with Crippen molar-refractivity contribution < 1.29 is 21.6 Å². The zero-order chi connectivity index (χ0) is 17.3. The molecule has 1 N–H and O–H groups in total. The largest absolute Gasteiger partial charge is 0.435 e. The molecule has 2 aromatic rings. The molecule has 0 radical (unpaired) electrons. The molecular weight excluding hydrogens is 419 g/mol. The van der Waals surface area contributed by atoms with Crippen molar-refractivity contribution in [3.05, 3.63) is 33.4 Å². The Morgan fingerprint density at radius 3 is 2.61 bits per heavy atom. The number of rotatable bonds is 6. The molecule has 0 aliphatic heterocycles. The zero-order valence-electron chi connectivity index (χ0n) is 11.9. The standard InChI is InChI=1S/C12H13BrF3N3O2S2/c1-8-7-9(12(14,15)16)18-19(8)6-2-5-17-23(20,21)11-4-3-10(13)22-11/h3-4,7,17H,2,5-6H2,1H3. The topological polar surface area (TPSA) is 64.0 Å². The number of hydrogen-bond acceptors (Lipinski definition) is 4. The van der Waals surface area contributed by atoms with Crippen molar-refractivity contribution >= 4 is 37.3 Å². The molecule has 23 heavy (non-hydrogen) atoms. The maximum atomic E-state index is 12.5. The van der Waals surface area contributed by atoms with E-state index in [-0.39, 0.29) is 17.3 Å². The summed E-state index contributed by atoms with van der Waals surface area (Å²) in [5.41, 5.74) is -0.568. The van der Waals surface area contributed by atoms with Crippen LogP contribution >= 0.6 is 27.3 Å². The minimum absolute atomic E-state index is 0.110. The van der Waals surface area contributed by atoms with Crippen molar-refractivity contribution in [1.29, 1.82) is 0 Å². The summed E-state index contributed by atoms with van der Waals surface area (Å²) in [5, 5.41) is 3.49. The van der Waals surface area contributed by atoms with E-state index in [0.717, 1.165) is 17.4 Å². The van der Waals surface area contributed by atoms with Crippen molar-refractivity contribution in [2.24, 2.45) is 0 Å². The Labute approximate surface area is 143 Å². The fraction of sp³-hybridized carbons (Fsp3) is 0.417. The first-order valence-electron chi connectivity index (χ1n) is 6.46. The molecule has 0 amide bonds. The highest BCUT2D eigenvalue weighted by molar-refractivity contribution is 9.11. The van der Waals surface area contributed by atoms with E-state index in [9.17, 15) is 21.6 Å². The second-order valence-corrected chi connectivity index (χ2v) is 9.16. The highest BCUT2D eigenvalue weighted by Gasteiger charge is 2.34. The van der Waals surface area contributed by atoms with Gasteiger partial charge in [0, 0.05) is 18.8 Å². The zero-order valence-corrected chi connectivity index (χ0v) is 15.1. The van der Waals surface area contributed by atoms with Gasteiger partial charge >= 0.3 is 6.18 Å². The van der Waals surface area contributed by atoms with Gasteiger partial charge in [-0.15, -0.1) is 11.3 Å². The van der Waals surface area contributed by atoms with Gasteiger partial charge in [-0.1, -0.05) is 0 Å². The quantitative estimate of drug-likeness (QED) is 0.712. The lowest BCUT2D eigenvalue weighted by molar-refractivity contribution is -0.141. The molecule has 0 aliphatic rings. The summed E-state index contributed by atoms with van der Waals surface area (Å²) in [6, 6.07) is 4.07. The van der Waals surface area contributed by atoms with Gasteiger partial charge in [0.05, 0.1) is 3.79 Å². The maximum absolute atomic E-state index is 12.5. The molecule has 2 aromatic heterocycles. The first-order chi connectivity index (χ1) is 10.6. The third kappa shape index (κ3) is 4.78. The van der Waals surface area contributed by atoms with Crippen LogP contribution in [0.15, 0.2) is 26.2 Å². The SMILES string of the molecule is Cc1cc(C(F)(F)F)nn1CCCNS(=O)(=O)c1ccc(Br)s1. The molecule has 11 heteroatoms. The lowest BCUT2D eigenvalue weighted by atomic mass is 10.3. The van der Waals surface area contributed by atoms with Gasteiger partial charge in [-0.2, -0.15) is 18.3 Å². The lowest BCUT2D eigenvalue weighted by Crippen LogP contribution is -2.25. The lowest BCUT2D eigenvalue weighted by Gasteiger charge is -2.06. The van der Waals surface area contributed by atoms with Gasteiger partial charge < -0.3 is 0 Å². The van der Waals surface area contributed by atoms with Gasteiger partial charge in [-0.25, -0.2) is 13.1 Å². The minimum Gasteiger partial charge on any atom is -0.269 e. The summed E-state index contributed by atoms with van der Waals surface area (Å²) >= 11 is 4.27. The predicted octanol–water partition coefficient (Wildman–Crippen LogP) is 3.40. The molecule has 0 atom stereocenters. The van der Waals surface area contributed by atoms with Gasteiger partial charge in [0.15, 0.2) is 5.69 Å². The molecule has 0 saturated heterocycles. The first kappa shape index (κ1) is 18.4. The Morgan fingerprint density at radius 2 is 2.09 bits per heavy atom. The second kappa shape index (κ2) is 6.91. The summed E-state index contributed by atoms with van der Waals surface area (Å²) < 4.78 is 66.1. The molecule has 2 heterocycles. The average Bonchev–Trinajstić information content (AvgIpc) is 3.01. The number of sulfonamides is 1. The van der Waals surface area contributed by atoms with Crippen molar-refractivity contribution in [2.45, 2.75) is 30.3 Å². The van der Waals surface area contributed by atoms with Crippen LogP contribution in [0.2, 0.25) is 0 Å². The molecule has 0 aliphatic carbocycles. The smallest absolute Gasteiger partial charge is 0.269 e. The second-order valence-electron chi connectivity index (χ2n) is 4.70. The van der Waals surface area contributed by atoms with Gasteiger partial charge in [0.1, 0.15) is 4.21 Å². The maximum Gasteiger partial charge on any atom is 0.435 e. The molecule has 0 unspecified atom stereocenters. The van der Waals surface area contributed by atoms with Crippen LogP contribution in [0.1, 0.15) is 17.8 Å². The van der Waals surface area contributed by atoms with E-state index in [1.807, 2.05) is 0 Å². The average molecular weight is 432 g/mol. The van der Waals surface area contributed by atoms with Crippen molar-refractivity contribution in [3.63, 3.8) is 0 Å². The Hall–Kier alpha value is -0.910. The molecule has 0 saturated carbocycles. The monoisotopic (exact) mass is 431 g/mol. The first-order valence-corrected chi connectivity index (χ1v) is 9.55. The van der Waals surface area contributed by atoms with Gasteiger partial charge in [0.2, 0.25) is 10.0 Å². The van der Waals surface area contributed by atoms with Crippen molar-refractivity contribution in [3.8, 4) is 0 Å². The molecule has 0 bridgehead atoms. The van der Waals surface area contributed by atoms with E-state index in [4.69, 9.17) is 0 Å². The Bertz CT molecular complexity index is 784. The third-order valence-electron chi connectivity index (χ3n) is 2.92. The molecule has 0 fully saturated rings. The van der Waals surface area contributed by atoms with Crippen molar-refractivity contribution in [1.82, 2.24) is 14.5 Å². The number of halogens is 4. The fourth-order valence-electron chi connectivity index (χ4n) is 1.82. The normalized spacial score (nSPS) is 12.7. The van der Waals surface area contributed by atoms with Crippen LogP contribution in [0.3, 0.4) is 0 Å². The van der Waals surface area contributed by atoms with Crippen LogP contribution in [0.5, 0.6) is 0 Å². The molecule has 128 valence electrons. The van der Waals surface area contributed by atoms with Crippen LogP contribution in [0.4, 0.5) is 13.2 Å². The molecule has 2 rings (SSSR count). The molecule has 0 aromatic carbocycles. The third-order valence-corrected chi connectivity index (χ3v) is 6.50. The Morgan fingerprint density at radius 1 is 1.39 bits per heavy atom. The summed E-state index contributed by atoms with van der Waals surface area (Å²) in [5.74, 6) is 0. The van der Waals surface area contributed by atoms with Gasteiger partial charge in [0.25, 0.3) is 0 Å². The number of aryl methyl sites for hydroxylation is 2. The molecule has 0 spiro atoms. The summed E-state index contributed by atoms with van der Waals surface area (Å²) in [6.45, 7) is 1.83. The summed E-state index contributed by atoms with van der Waals surface area (Å²) in [4.78, 5) is 0. The number of hydrogen-bond donors (Lipinski definition) is 1. The summed E-state index contributed by atoms with van der Waals surface area (Å²) in [7, 11) is -3.59. The van der Waals surface area contributed by atoms with E-state index in [0.29, 0.717) is 15.9 Å². The summed E-state index contributed by atoms with van der Waals surface area (Å²) in [6.07, 6.45) is -4.16. The van der Waals surface area contributed by atoms with Gasteiger partial charge in [-0.3, -0.25) is 4.68 Å². The van der Waals surface area contributed by atoms with Crippen molar-refractivity contribution in [2.75, 3.05) is 6.54 Å². The Kier molecular flexibility index (Phi) is 5.54. The number of nitrogens with zero attached hydrogens (tertiary/aromatic N) is 2. The van der Waals surface area contributed by atoms with E-state index < -0.39 is 21.9 Å². The highest BCUT2D eigenvalue weighted by Crippen LogP contribution is 2.28. The van der Waals surface area contributed by atoms with E-state index in [1.54, 1.807) is 6.07 Å². The van der Waals surface area contributed by atoms with Crippen LogP contribution in [0, 0.1) is 6.92 Å². The molecular formula is C12H13BrF3N3O2S2. The number of thiophene rings is 1. The fourth-order valence-corrected chi connectivity index (χ4v) is 4.95. The number of aromatic nitrogens is 2. The van der Waals surface area contributed by atoms with Crippen LogP contribution in [-0.4, -0.2) is 24.7 Å². The predicted molar refractivity (Wildman–Crippen MR) is 83.8 cm³/mol. The van der Waals surface area contributed by atoms with E-state index in [2.05, 4.69) is 25.8 Å². The Balaban J connectivity index is 1.90. The van der Waals surface area contributed by atoms with E-state index in [1.165, 1.54) is 17.7 Å².